The molecule has 1 fully saturated rings. The Hall–Kier alpha value is -1.06. The molecule has 1 saturated carbocycles. The summed E-state index contributed by atoms with van der Waals surface area (Å²) in [7, 11) is 0. The molecular weight excluding hydrogens is 188 g/mol. The fraction of sp³-hybridized carbons (Fsp3) is 0.818. The first-order valence-corrected chi connectivity index (χ1v) is 5.88. The minimum absolute atomic E-state index is 0.0765. The molecule has 0 spiro atoms. The molecule has 4 heteroatoms. The van der Waals surface area contributed by atoms with Gasteiger partial charge in [-0.25, -0.2) is 5.01 Å². The molecule has 84 valence electrons. The summed E-state index contributed by atoms with van der Waals surface area (Å²) in [5, 5.41) is 13.5. The predicted octanol–water partition coefficient (Wildman–Crippen LogP) is 1.77. The molecule has 0 radical (unpaired) electrons. The molecule has 3 N–H and O–H groups in total. The van der Waals surface area contributed by atoms with E-state index in [-0.39, 0.29) is 5.96 Å². The monoisotopic (exact) mass is 208 g/mol. The van der Waals surface area contributed by atoms with Crippen LogP contribution in [-0.4, -0.2) is 23.2 Å². The van der Waals surface area contributed by atoms with E-state index >= 15 is 0 Å². The molecule has 0 amide bonds. The van der Waals surface area contributed by atoms with Gasteiger partial charge in [0.15, 0.2) is 0 Å². The van der Waals surface area contributed by atoms with E-state index in [0.29, 0.717) is 11.8 Å². The van der Waals surface area contributed by atoms with E-state index in [1.165, 1.54) is 37.8 Å². The Morgan fingerprint density at radius 3 is 2.60 bits per heavy atom. The van der Waals surface area contributed by atoms with Gasteiger partial charge in [-0.15, -0.1) is 0 Å². The molecule has 0 bridgehead atoms. The summed E-state index contributed by atoms with van der Waals surface area (Å²) < 4.78 is 0. The fourth-order valence-electron chi connectivity index (χ4n) is 2.67. The van der Waals surface area contributed by atoms with Crippen molar-refractivity contribution < 1.29 is 0 Å². The number of nitrogens with one attached hydrogen (secondary N) is 1. The van der Waals surface area contributed by atoms with Gasteiger partial charge in [-0.2, -0.15) is 5.10 Å². The molecule has 0 saturated heterocycles. The number of hydrazone groups is 1. The third-order valence-electron chi connectivity index (χ3n) is 3.49. The van der Waals surface area contributed by atoms with Gasteiger partial charge in [-0.3, -0.25) is 5.41 Å². The number of nitrogens with zero attached hydrogens (tertiary/aromatic N) is 2. The molecule has 1 atom stereocenters. The Balaban J connectivity index is 2.06. The van der Waals surface area contributed by atoms with Crippen molar-refractivity contribution >= 4 is 11.7 Å². The lowest BCUT2D eigenvalue weighted by Gasteiger charge is -2.22. The van der Waals surface area contributed by atoms with Crippen molar-refractivity contribution in [1.29, 1.82) is 5.41 Å². The Kier molecular flexibility index (Phi) is 2.93. The molecule has 1 heterocycles. The first-order chi connectivity index (χ1) is 7.18. The SMILES string of the molecule is CC1CN(C(=N)N)N=C1C1CCCCC1. The topological polar surface area (TPSA) is 65.5 Å². The summed E-state index contributed by atoms with van der Waals surface area (Å²) in [5.74, 6) is 1.20. The van der Waals surface area contributed by atoms with Crippen molar-refractivity contribution in [3.05, 3.63) is 0 Å². The van der Waals surface area contributed by atoms with Crippen LogP contribution in [0.2, 0.25) is 0 Å². The van der Waals surface area contributed by atoms with Crippen LogP contribution >= 0.6 is 0 Å². The van der Waals surface area contributed by atoms with E-state index < -0.39 is 0 Å². The second-order valence-electron chi connectivity index (χ2n) is 4.73. The van der Waals surface area contributed by atoms with Crippen molar-refractivity contribution in [2.45, 2.75) is 39.0 Å². The Bertz CT molecular complexity index is 278. The zero-order chi connectivity index (χ0) is 10.8. The van der Waals surface area contributed by atoms with Crippen LogP contribution in [-0.2, 0) is 0 Å². The number of hydrogen-bond donors (Lipinski definition) is 2. The Morgan fingerprint density at radius 1 is 1.40 bits per heavy atom. The van der Waals surface area contributed by atoms with Gasteiger partial charge < -0.3 is 5.73 Å². The van der Waals surface area contributed by atoms with Gasteiger partial charge in [-0.05, 0) is 18.8 Å². The van der Waals surface area contributed by atoms with E-state index in [9.17, 15) is 0 Å². The van der Waals surface area contributed by atoms with Crippen LogP contribution < -0.4 is 5.73 Å². The third kappa shape index (κ3) is 2.13. The van der Waals surface area contributed by atoms with Crippen LogP contribution in [0.4, 0.5) is 0 Å². The lowest BCUT2D eigenvalue weighted by Crippen LogP contribution is -2.31. The molecule has 1 aliphatic heterocycles. The zero-order valence-corrected chi connectivity index (χ0v) is 9.37. The summed E-state index contributed by atoms with van der Waals surface area (Å²) in [5.41, 5.74) is 6.74. The van der Waals surface area contributed by atoms with Gasteiger partial charge in [0.05, 0.1) is 6.54 Å². The summed E-state index contributed by atoms with van der Waals surface area (Å²) >= 11 is 0. The van der Waals surface area contributed by atoms with Gasteiger partial charge in [0.1, 0.15) is 0 Å². The fourth-order valence-corrected chi connectivity index (χ4v) is 2.67. The minimum atomic E-state index is 0.0765. The minimum Gasteiger partial charge on any atom is -0.369 e. The van der Waals surface area contributed by atoms with Crippen molar-refractivity contribution in [2.75, 3.05) is 6.54 Å². The Labute approximate surface area is 91.0 Å². The first kappa shape index (κ1) is 10.5. The quantitative estimate of drug-likeness (QED) is 0.509. The molecule has 2 rings (SSSR count). The average molecular weight is 208 g/mol. The molecule has 4 nitrogen and oxygen atoms in total. The molecule has 0 aromatic heterocycles. The summed E-state index contributed by atoms with van der Waals surface area (Å²) in [6.07, 6.45) is 6.57. The van der Waals surface area contributed by atoms with Crippen molar-refractivity contribution in [3.8, 4) is 0 Å². The molecule has 1 aliphatic carbocycles. The van der Waals surface area contributed by atoms with E-state index in [1.54, 1.807) is 5.01 Å². The zero-order valence-electron chi connectivity index (χ0n) is 9.37. The molecule has 0 aromatic carbocycles. The van der Waals surface area contributed by atoms with E-state index in [2.05, 4.69) is 12.0 Å². The number of guanidine groups is 1. The summed E-state index contributed by atoms with van der Waals surface area (Å²) in [6, 6.07) is 0. The standard InChI is InChI=1S/C11H20N4/c1-8-7-15(11(12)13)14-10(8)9-5-3-2-4-6-9/h8-9H,2-7H2,1H3,(H3,12,13). The summed E-state index contributed by atoms with van der Waals surface area (Å²) in [6.45, 7) is 2.98. The second-order valence-corrected chi connectivity index (χ2v) is 4.73. The molecular formula is C11H20N4. The highest BCUT2D eigenvalue weighted by molar-refractivity contribution is 5.92. The average Bonchev–Trinajstić information content (AvgIpc) is 2.62. The predicted molar refractivity (Wildman–Crippen MR) is 61.8 cm³/mol. The maximum Gasteiger partial charge on any atom is 0.209 e. The number of rotatable bonds is 1. The first-order valence-electron chi connectivity index (χ1n) is 5.88. The van der Waals surface area contributed by atoms with Gasteiger partial charge in [0.2, 0.25) is 5.96 Å². The smallest absolute Gasteiger partial charge is 0.209 e. The van der Waals surface area contributed by atoms with Gasteiger partial charge in [0, 0.05) is 11.6 Å². The lowest BCUT2D eigenvalue weighted by molar-refractivity contribution is 0.430. The molecule has 2 aliphatic rings. The van der Waals surface area contributed by atoms with E-state index in [0.717, 1.165) is 6.54 Å². The van der Waals surface area contributed by atoms with Crippen LogP contribution in [0.15, 0.2) is 5.10 Å². The maximum atomic E-state index is 7.38. The normalized spacial score (nSPS) is 27.9. The highest BCUT2D eigenvalue weighted by Crippen LogP contribution is 2.30. The van der Waals surface area contributed by atoms with Gasteiger partial charge in [0.25, 0.3) is 0 Å². The van der Waals surface area contributed by atoms with Crippen LogP contribution in [0.5, 0.6) is 0 Å². The van der Waals surface area contributed by atoms with Gasteiger partial charge >= 0.3 is 0 Å². The summed E-state index contributed by atoms with van der Waals surface area (Å²) in [4.78, 5) is 0. The van der Waals surface area contributed by atoms with Crippen LogP contribution in [0.25, 0.3) is 0 Å². The highest BCUT2D eigenvalue weighted by atomic mass is 15.5. The van der Waals surface area contributed by atoms with E-state index in [1.807, 2.05) is 0 Å². The van der Waals surface area contributed by atoms with Gasteiger partial charge in [-0.1, -0.05) is 26.2 Å². The van der Waals surface area contributed by atoms with Crippen molar-refractivity contribution in [3.63, 3.8) is 0 Å². The largest absolute Gasteiger partial charge is 0.369 e. The van der Waals surface area contributed by atoms with Crippen LogP contribution in [0, 0.1) is 17.2 Å². The second kappa shape index (κ2) is 4.21. The molecule has 15 heavy (non-hydrogen) atoms. The number of hydrogen-bond acceptors (Lipinski definition) is 2. The van der Waals surface area contributed by atoms with Crippen molar-refractivity contribution in [2.24, 2.45) is 22.7 Å². The van der Waals surface area contributed by atoms with E-state index in [4.69, 9.17) is 11.1 Å². The third-order valence-corrected chi connectivity index (χ3v) is 3.49. The Morgan fingerprint density at radius 2 is 2.07 bits per heavy atom. The van der Waals surface area contributed by atoms with Crippen LogP contribution in [0.1, 0.15) is 39.0 Å². The highest BCUT2D eigenvalue weighted by Gasteiger charge is 2.30. The van der Waals surface area contributed by atoms with Crippen molar-refractivity contribution in [1.82, 2.24) is 5.01 Å². The maximum absolute atomic E-state index is 7.38. The molecule has 1 unspecified atom stereocenters. The number of nitrogens with two attached hydrogens (primary N) is 1. The van der Waals surface area contributed by atoms with Crippen LogP contribution in [0.3, 0.4) is 0 Å². The lowest BCUT2D eigenvalue weighted by atomic mass is 9.82. The molecule has 0 aromatic rings.